The van der Waals surface area contributed by atoms with E-state index in [2.05, 4.69) is 0 Å². The van der Waals surface area contributed by atoms with Crippen LogP contribution in [0.3, 0.4) is 0 Å². The molecule has 0 saturated heterocycles. The van der Waals surface area contributed by atoms with Crippen molar-refractivity contribution in [3.63, 3.8) is 0 Å². The molecule has 18 heavy (non-hydrogen) atoms. The van der Waals surface area contributed by atoms with E-state index in [0.29, 0.717) is 25.0 Å². The van der Waals surface area contributed by atoms with Crippen LogP contribution in [-0.4, -0.2) is 27.9 Å². The highest BCUT2D eigenvalue weighted by atomic mass is 32.2. The lowest BCUT2D eigenvalue weighted by Crippen LogP contribution is -2.07. The minimum atomic E-state index is -3.31. The van der Waals surface area contributed by atoms with Crippen molar-refractivity contribution in [2.45, 2.75) is 13.0 Å². The fourth-order valence-electron chi connectivity index (χ4n) is 1.83. The van der Waals surface area contributed by atoms with E-state index in [1.165, 1.54) is 0 Å². The summed E-state index contributed by atoms with van der Waals surface area (Å²) < 4.78 is 32.0. The molecule has 1 aromatic carbocycles. The maximum atomic E-state index is 10.8. The fraction of sp³-hybridized carbons (Fsp3) is 0.538. The van der Waals surface area contributed by atoms with Gasteiger partial charge in [-0.1, -0.05) is 30.3 Å². The summed E-state index contributed by atoms with van der Waals surface area (Å²) in [6.45, 7) is 1.57. The summed E-state index contributed by atoms with van der Waals surface area (Å²) in [4.78, 5) is 0. The number of benzene rings is 1. The molecular weight excluding hydrogens is 252 g/mol. The van der Waals surface area contributed by atoms with Crippen molar-refractivity contribution in [1.29, 1.82) is 0 Å². The number of hydrogen-bond acceptors (Lipinski definition) is 4. The normalized spacial score (nSPS) is 22.9. The van der Waals surface area contributed by atoms with Crippen LogP contribution < -0.4 is 0 Å². The van der Waals surface area contributed by atoms with E-state index in [9.17, 15) is 8.42 Å². The lowest BCUT2D eigenvalue weighted by molar-refractivity contribution is 0.105. The molecule has 5 heteroatoms. The first kappa shape index (κ1) is 13.5. The minimum Gasteiger partial charge on any atom is -0.376 e. The van der Waals surface area contributed by atoms with Crippen molar-refractivity contribution in [2.24, 2.45) is 11.8 Å². The molecule has 0 unspecified atom stereocenters. The molecule has 2 atom stereocenters. The van der Waals surface area contributed by atoms with Crippen LogP contribution in [0.2, 0.25) is 0 Å². The van der Waals surface area contributed by atoms with Gasteiger partial charge in [0.05, 0.1) is 26.1 Å². The smallest absolute Gasteiger partial charge is 0.264 e. The van der Waals surface area contributed by atoms with Crippen molar-refractivity contribution >= 4 is 10.1 Å². The number of rotatable bonds is 7. The summed E-state index contributed by atoms with van der Waals surface area (Å²) in [6.07, 6.45) is 2.07. The van der Waals surface area contributed by atoms with E-state index in [1.807, 2.05) is 30.3 Å². The molecule has 1 aromatic rings. The summed E-state index contributed by atoms with van der Waals surface area (Å²) in [6, 6.07) is 9.99. The Kier molecular flexibility index (Phi) is 4.37. The van der Waals surface area contributed by atoms with Gasteiger partial charge in [-0.25, -0.2) is 0 Å². The van der Waals surface area contributed by atoms with Gasteiger partial charge in [-0.15, -0.1) is 0 Å². The summed E-state index contributed by atoms with van der Waals surface area (Å²) in [7, 11) is -3.31. The molecule has 2 rings (SSSR count). The standard InChI is InChI=1S/C13H18O4S/c1-18(14,15)17-10-13-7-12(13)9-16-8-11-5-3-2-4-6-11/h2-6,12-13H,7-10H2,1H3/t12-,13-/m0/s1. The zero-order valence-electron chi connectivity index (χ0n) is 10.4. The van der Waals surface area contributed by atoms with Gasteiger partial charge in [-0.2, -0.15) is 8.42 Å². The van der Waals surface area contributed by atoms with E-state index >= 15 is 0 Å². The lowest BCUT2D eigenvalue weighted by atomic mass is 10.2. The Hall–Kier alpha value is -0.910. The molecule has 1 saturated carbocycles. The SMILES string of the molecule is CS(=O)(=O)OC[C@@H]1C[C@H]1COCc1ccccc1. The molecule has 0 heterocycles. The predicted octanol–water partition coefficient (Wildman–Crippen LogP) is 1.82. The van der Waals surface area contributed by atoms with Crippen LogP contribution in [0.25, 0.3) is 0 Å². The van der Waals surface area contributed by atoms with Gasteiger partial charge in [0, 0.05) is 0 Å². The third kappa shape index (κ3) is 4.76. The lowest BCUT2D eigenvalue weighted by Gasteiger charge is -2.04. The van der Waals surface area contributed by atoms with Gasteiger partial charge in [-0.05, 0) is 23.8 Å². The topological polar surface area (TPSA) is 52.6 Å². The largest absolute Gasteiger partial charge is 0.376 e. The predicted molar refractivity (Wildman–Crippen MR) is 68.5 cm³/mol. The number of ether oxygens (including phenoxy) is 1. The average molecular weight is 270 g/mol. The zero-order chi connectivity index (χ0) is 13.0. The molecule has 0 amide bonds. The molecular formula is C13H18O4S. The molecule has 1 aliphatic carbocycles. The van der Waals surface area contributed by atoms with Gasteiger partial charge >= 0.3 is 0 Å². The second kappa shape index (κ2) is 5.82. The molecule has 1 fully saturated rings. The van der Waals surface area contributed by atoms with Crippen molar-refractivity contribution in [1.82, 2.24) is 0 Å². The highest BCUT2D eigenvalue weighted by molar-refractivity contribution is 7.85. The molecule has 4 nitrogen and oxygen atoms in total. The van der Waals surface area contributed by atoms with Crippen molar-refractivity contribution in [3.8, 4) is 0 Å². The Morgan fingerprint density at radius 1 is 1.17 bits per heavy atom. The van der Waals surface area contributed by atoms with Crippen LogP contribution in [0, 0.1) is 11.8 Å². The molecule has 0 N–H and O–H groups in total. The Morgan fingerprint density at radius 2 is 1.83 bits per heavy atom. The summed E-state index contributed by atoms with van der Waals surface area (Å²) in [5, 5.41) is 0. The molecule has 0 spiro atoms. The molecule has 0 bridgehead atoms. The van der Waals surface area contributed by atoms with E-state index in [4.69, 9.17) is 8.92 Å². The van der Waals surface area contributed by atoms with E-state index < -0.39 is 10.1 Å². The van der Waals surface area contributed by atoms with Gasteiger partial charge in [0.15, 0.2) is 0 Å². The second-order valence-corrected chi connectivity index (χ2v) is 6.39. The third-order valence-electron chi connectivity index (χ3n) is 3.01. The summed E-state index contributed by atoms with van der Waals surface area (Å²) in [5.41, 5.74) is 1.15. The van der Waals surface area contributed by atoms with Crippen LogP contribution in [0.1, 0.15) is 12.0 Å². The first-order valence-corrected chi connectivity index (χ1v) is 7.82. The van der Waals surface area contributed by atoms with Crippen LogP contribution in [-0.2, 0) is 25.6 Å². The van der Waals surface area contributed by atoms with Gasteiger partial charge in [-0.3, -0.25) is 4.18 Å². The van der Waals surface area contributed by atoms with Crippen molar-refractivity contribution in [2.75, 3.05) is 19.5 Å². The highest BCUT2D eigenvalue weighted by Gasteiger charge is 2.37. The van der Waals surface area contributed by atoms with Gasteiger partial charge < -0.3 is 4.74 Å². The maximum absolute atomic E-state index is 10.8. The maximum Gasteiger partial charge on any atom is 0.264 e. The van der Waals surface area contributed by atoms with E-state index in [-0.39, 0.29) is 6.61 Å². The molecule has 1 aliphatic rings. The Morgan fingerprint density at radius 3 is 2.50 bits per heavy atom. The van der Waals surface area contributed by atoms with Crippen molar-refractivity contribution in [3.05, 3.63) is 35.9 Å². The van der Waals surface area contributed by atoms with Gasteiger partial charge in [0.2, 0.25) is 0 Å². The van der Waals surface area contributed by atoms with Crippen LogP contribution in [0.5, 0.6) is 0 Å². The highest BCUT2D eigenvalue weighted by Crippen LogP contribution is 2.39. The Labute approximate surface area is 108 Å². The summed E-state index contributed by atoms with van der Waals surface area (Å²) in [5.74, 6) is 0.769. The van der Waals surface area contributed by atoms with Crippen molar-refractivity contribution < 1.29 is 17.3 Å². The zero-order valence-corrected chi connectivity index (χ0v) is 11.2. The Bertz CT molecular complexity index is 469. The quantitative estimate of drug-likeness (QED) is 0.709. The van der Waals surface area contributed by atoms with Crippen LogP contribution in [0.4, 0.5) is 0 Å². The van der Waals surface area contributed by atoms with Gasteiger partial charge in [0.1, 0.15) is 0 Å². The van der Waals surface area contributed by atoms with E-state index in [1.54, 1.807) is 0 Å². The number of hydrogen-bond donors (Lipinski definition) is 0. The van der Waals surface area contributed by atoms with Crippen LogP contribution in [0.15, 0.2) is 30.3 Å². The summed E-state index contributed by atoms with van der Waals surface area (Å²) >= 11 is 0. The fourth-order valence-corrected chi connectivity index (χ4v) is 2.25. The minimum absolute atomic E-state index is 0.290. The molecule has 0 aromatic heterocycles. The first-order chi connectivity index (χ1) is 8.54. The molecule has 100 valence electrons. The monoisotopic (exact) mass is 270 g/mol. The average Bonchev–Trinajstić information content (AvgIpc) is 3.06. The van der Waals surface area contributed by atoms with E-state index in [0.717, 1.165) is 18.2 Å². The molecule has 0 aliphatic heterocycles. The van der Waals surface area contributed by atoms with Crippen LogP contribution >= 0.6 is 0 Å². The van der Waals surface area contributed by atoms with Gasteiger partial charge in [0.25, 0.3) is 10.1 Å². The Balaban J connectivity index is 1.60. The second-order valence-electron chi connectivity index (χ2n) is 4.75. The molecule has 0 radical (unpaired) electrons. The first-order valence-electron chi connectivity index (χ1n) is 6.00. The third-order valence-corrected chi connectivity index (χ3v) is 3.57.